The smallest absolute Gasteiger partial charge is 0.303 e. The lowest BCUT2D eigenvalue weighted by molar-refractivity contribution is -0.137. The largest absolute Gasteiger partial charge is 0.481 e. The van der Waals surface area contributed by atoms with E-state index in [1.165, 1.54) is 19.3 Å². The first-order valence-electron chi connectivity index (χ1n) is 8.80. The molecule has 0 unspecified atom stereocenters. The molecule has 0 aliphatic rings. The van der Waals surface area contributed by atoms with E-state index in [1.807, 2.05) is 6.08 Å². The number of allylic oxidation sites excluding steroid dienone is 1. The SMILES string of the molecule is CCCCC/C=C/C[C@@H](O)[C@@H](O)CCCCCCCC(=O)O. The van der Waals surface area contributed by atoms with E-state index in [2.05, 4.69) is 13.0 Å². The molecule has 4 heteroatoms. The molecule has 0 fully saturated rings. The van der Waals surface area contributed by atoms with Gasteiger partial charge in [0.05, 0.1) is 12.2 Å². The number of aliphatic carboxylic acids is 1. The predicted molar refractivity (Wildman–Crippen MR) is 89.9 cm³/mol. The Hall–Kier alpha value is -0.870. The van der Waals surface area contributed by atoms with E-state index in [4.69, 9.17) is 5.11 Å². The molecule has 4 nitrogen and oxygen atoms in total. The van der Waals surface area contributed by atoms with Crippen LogP contribution in [0.5, 0.6) is 0 Å². The van der Waals surface area contributed by atoms with Crippen LogP contribution in [0, 0.1) is 0 Å². The fraction of sp³-hybridized carbons (Fsp3) is 0.833. The number of unbranched alkanes of at least 4 members (excludes halogenated alkanes) is 7. The average Bonchev–Trinajstić information content (AvgIpc) is 2.49. The van der Waals surface area contributed by atoms with Crippen molar-refractivity contribution in [2.45, 2.75) is 96.2 Å². The first-order chi connectivity index (χ1) is 10.6. The van der Waals surface area contributed by atoms with Gasteiger partial charge in [-0.1, -0.05) is 57.6 Å². The molecule has 0 radical (unpaired) electrons. The second kappa shape index (κ2) is 15.0. The van der Waals surface area contributed by atoms with Crippen molar-refractivity contribution in [3.8, 4) is 0 Å². The maximum atomic E-state index is 10.3. The Morgan fingerprint density at radius 1 is 0.909 bits per heavy atom. The zero-order valence-electron chi connectivity index (χ0n) is 14.0. The highest BCUT2D eigenvalue weighted by molar-refractivity contribution is 5.66. The number of carboxylic acid groups (broad SMARTS) is 1. The molecule has 0 saturated carbocycles. The lowest BCUT2D eigenvalue weighted by Crippen LogP contribution is -2.25. The molecule has 0 rings (SSSR count). The molecule has 3 N–H and O–H groups in total. The summed E-state index contributed by atoms with van der Waals surface area (Å²) in [5, 5.41) is 28.2. The van der Waals surface area contributed by atoms with E-state index in [1.54, 1.807) is 0 Å². The number of carbonyl (C=O) groups is 1. The minimum absolute atomic E-state index is 0.242. The highest BCUT2D eigenvalue weighted by atomic mass is 16.4. The van der Waals surface area contributed by atoms with Gasteiger partial charge in [-0.15, -0.1) is 0 Å². The van der Waals surface area contributed by atoms with Crippen LogP contribution in [0.3, 0.4) is 0 Å². The molecule has 0 bridgehead atoms. The number of hydrogen-bond donors (Lipinski definition) is 3. The van der Waals surface area contributed by atoms with E-state index in [0.717, 1.165) is 38.5 Å². The molecule has 0 amide bonds. The summed E-state index contributed by atoms with van der Waals surface area (Å²) >= 11 is 0. The van der Waals surface area contributed by atoms with Gasteiger partial charge >= 0.3 is 5.97 Å². The van der Waals surface area contributed by atoms with Crippen molar-refractivity contribution >= 4 is 5.97 Å². The highest BCUT2D eigenvalue weighted by Crippen LogP contribution is 2.12. The van der Waals surface area contributed by atoms with Crippen LogP contribution in [-0.4, -0.2) is 33.5 Å². The highest BCUT2D eigenvalue weighted by Gasteiger charge is 2.13. The molecule has 2 atom stereocenters. The van der Waals surface area contributed by atoms with Crippen molar-refractivity contribution in [2.24, 2.45) is 0 Å². The fourth-order valence-electron chi connectivity index (χ4n) is 2.38. The van der Waals surface area contributed by atoms with Crippen molar-refractivity contribution in [3.05, 3.63) is 12.2 Å². The molecule has 0 aromatic rings. The van der Waals surface area contributed by atoms with Crippen LogP contribution in [0.2, 0.25) is 0 Å². The molecular weight excluding hydrogens is 280 g/mol. The van der Waals surface area contributed by atoms with Gasteiger partial charge in [0.25, 0.3) is 0 Å². The third-order valence-corrected chi connectivity index (χ3v) is 3.85. The second-order valence-corrected chi connectivity index (χ2v) is 6.04. The first-order valence-corrected chi connectivity index (χ1v) is 8.80. The van der Waals surface area contributed by atoms with Crippen LogP contribution in [0.4, 0.5) is 0 Å². The molecule has 0 spiro atoms. The zero-order valence-corrected chi connectivity index (χ0v) is 14.0. The number of aliphatic hydroxyl groups is 2. The third-order valence-electron chi connectivity index (χ3n) is 3.85. The van der Waals surface area contributed by atoms with Crippen LogP contribution in [0.15, 0.2) is 12.2 Å². The number of hydrogen-bond acceptors (Lipinski definition) is 3. The molecule has 130 valence electrons. The van der Waals surface area contributed by atoms with Gasteiger partial charge in [0.15, 0.2) is 0 Å². The Morgan fingerprint density at radius 2 is 1.59 bits per heavy atom. The summed E-state index contributed by atoms with van der Waals surface area (Å²) in [5.41, 5.74) is 0. The lowest BCUT2D eigenvalue weighted by Gasteiger charge is -2.16. The van der Waals surface area contributed by atoms with Crippen LogP contribution >= 0.6 is 0 Å². The van der Waals surface area contributed by atoms with Crippen molar-refractivity contribution < 1.29 is 20.1 Å². The van der Waals surface area contributed by atoms with Crippen LogP contribution < -0.4 is 0 Å². The summed E-state index contributed by atoms with van der Waals surface area (Å²) in [6.07, 6.45) is 13.3. The maximum Gasteiger partial charge on any atom is 0.303 e. The Kier molecular flexibility index (Phi) is 14.4. The summed E-state index contributed by atoms with van der Waals surface area (Å²) in [4.78, 5) is 10.3. The van der Waals surface area contributed by atoms with Gasteiger partial charge in [-0.05, 0) is 32.1 Å². The average molecular weight is 314 g/mol. The summed E-state index contributed by atoms with van der Waals surface area (Å²) in [6, 6.07) is 0. The molecule has 0 saturated heterocycles. The number of aliphatic hydroxyl groups excluding tert-OH is 2. The van der Waals surface area contributed by atoms with E-state index < -0.39 is 18.2 Å². The molecular formula is C18H34O4. The Balaban J connectivity index is 3.49. The van der Waals surface area contributed by atoms with Gasteiger partial charge in [0.1, 0.15) is 0 Å². The summed E-state index contributed by atoms with van der Waals surface area (Å²) in [6.45, 7) is 2.18. The van der Waals surface area contributed by atoms with E-state index >= 15 is 0 Å². The molecule has 0 heterocycles. The minimum Gasteiger partial charge on any atom is -0.481 e. The topological polar surface area (TPSA) is 77.8 Å². The Morgan fingerprint density at radius 3 is 2.27 bits per heavy atom. The van der Waals surface area contributed by atoms with Gasteiger partial charge in [-0.25, -0.2) is 0 Å². The van der Waals surface area contributed by atoms with Gasteiger partial charge < -0.3 is 15.3 Å². The molecule has 22 heavy (non-hydrogen) atoms. The van der Waals surface area contributed by atoms with Gasteiger partial charge in [0.2, 0.25) is 0 Å². The van der Waals surface area contributed by atoms with E-state index in [-0.39, 0.29) is 6.42 Å². The normalized spacial score (nSPS) is 14.3. The summed E-state index contributed by atoms with van der Waals surface area (Å²) in [7, 11) is 0. The molecule has 0 aliphatic heterocycles. The summed E-state index contributed by atoms with van der Waals surface area (Å²) in [5.74, 6) is -0.735. The van der Waals surface area contributed by atoms with Crippen molar-refractivity contribution in [2.75, 3.05) is 0 Å². The van der Waals surface area contributed by atoms with Crippen LogP contribution in [0.25, 0.3) is 0 Å². The fourth-order valence-corrected chi connectivity index (χ4v) is 2.38. The maximum absolute atomic E-state index is 10.3. The zero-order chi connectivity index (χ0) is 16.6. The van der Waals surface area contributed by atoms with E-state index in [9.17, 15) is 15.0 Å². The first kappa shape index (κ1) is 21.1. The van der Waals surface area contributed by atoms with Crippen LogP contribution in [0.1, 0.15) is 84.0 Å². The van der Waals surface area contributed by atoms with Gasteiger partial charge in [-0.3, -0.25) is 4.79 Å². The van der Waals surface area contributed by atoms with Crippen molar-refractivity contribution in [1.82, 2.24) is 0 Å². The van der Waals surface area contributed by atoms with Crippen LogP contribution in [-0.2, 0) is 4.79 Å². The second-order valence-electron chi connectivity index (χ2n) is 6.04. The minimum atomic E-state index is -0.735. The van der Waals surface area contributed by atoms with Gasteiger partial charge in [-0.2, -0.15) is 0 Å². The lowest BCUT2D eigenvalue weighted by atomic mass is 10.0. The number of rotatable bonds is 15. The van der Waals surface area contributed by atoms with E-state index in [0.29, 0.717) is 12.8 Å². The Labute approximate surface area is 135 Å². The molecule has 0 aromatic heterocycles. The molecule has 0 aliphatic carbocycles. The van der Waals surface area contributed by atoms with Crippen molar-refractivity contribution in [3.63, 3.8) is 0 Å². The standard InChI is InChI=1S/C18H34O4/c1-2-3-4-5-7-10-13-16(19)17(20)14-11-8-6-9-12-15-18(21)22/h7,10,16-17,19-20H,2-6,8-9,11-15H2,1H3,(H,21,22)/b10-7+/t16-,17+/m1/s1. The van der Waals surface area contributed by atoms with Gasteiger partial charge in [0, 0.05) is 6.42 Å². The van der Waals surface area contributed by atoms with Crippen molar-refractivity contribution in [1.29, 1.82) is 0 Å². The molecule has 0 aromatic carbocycles. The number of carboxylic acids is 1. The third kappa shape index (κ3) is 14.1. The quantitative estimate of drug-likeness (QED) is 0.315. The summed E-state index contributed by atoms with van der Waals surface area (Å²) < 4.78 is 0. The Bertz CT molecular complexity index is 289. The predicted octanol–water partition coefficient (Wildman–Crippen LogP) is 4.05. The monoisotopic (exact) mass is 314 g/mol.